The minimum Gasteiger partial charge on any atom is -0.0808 e. The van der Waals surface area contributed by atoms with Crippen LogP contribution in [0.15, 0.2) is 6.08 Å². The summed E-state index contributed by atoms with van der Waals surface area (Å²) in [6.45, 7) is 4.62. The van der Waals surface area contributed by atoms with Gasteiger partial charge in [0.15, 0.2) is 0 Å². The van der Waals surface area contributed by atoms with Gasteiger partial charge in [-0.25, -0.2) is 0 Å². The molecule has 0 saturated carbocycles. The maximum atomic E-state index is 3.24. The lowest BCUT2D eigenvalue weighted by atomic mass is 9.85. The zero-order valence-corrected chi connectivity index (χ0v) is 6.35. The third-order valence-electron chi connectivity index (χ3n) is 2.17. The van der Waals surface area contributed by atoms with Gasteiger partial charge in [-0.05, 0) is 37.2 Å². The Morgan fingerprint density at radius 3 is 2.67 bits per heavy atom. The van der Waals surface area contributed by atoms with Crippen molar-refractivity contribution in [1.29, 1.82) is 0 Å². The molecule has 1 rings (SSSR count). The molecule has 9 heavy (non-hydrogen) atoms. The molecule has 0 N–H and O–H groups in total. The molecule has 0 aliphatic heterocycles. The third kappa shape index (κ3) is 1.85. The fraction of sp³-hybridized carbons (Fsp3) is 0.778. The zero-order valence-electron chi connectivity index (χ0n) is 6.35. The first-order valence-corrected chi connectivity index (χ1v) is 3.86. The Labute approximate surface area is 58.0 Å². The van der Waals surface area contributed by atoms with E-state index in [-0.39, 0.29) is 0 Å². The van der Waals surface area contributed by atoms with Crippen LogP contribution in [-0.2, 0) is 0 Å². The first kappa shape index (κ1) is 6.85. The quantitative estimate of drug-likeness (QED) is 0.503. The second-order valence-corrected chi connectivity index (χ2v) is 3.19. The molecule has 0 heterocycles. The highest BCUT2D eigenvalue weighted by Gasteiger charge is 2.12. The van der Waals surface area contributed by atoms with Crippen LogP contribution in [-0.4, -0.2) is 0 Å². The third-order valence-corrected chi connectivity index (χ3v) is 2.17. The maximum absolute atomic E-state index is 3.24. The highest BCUT2D eigenvalue weighted by atomic mass is 14.2. The molecule has 1 unspecified atom stereocenters. The number of allylic oxidation sites excluding steroid dienone is 2. The average molecular weight is 123 g/mol. The molecular weight excluding hydrogens is 108 g/mol. The Morgan fingerprint density at radius 2 is 2.33 bits per heavy atom. The van der Waals surface area contributed by atoms with Gasteiger partial charge < -0.3 is 0 Å². The van der Waals surface area contributed by atoms with Crippen LogP contribution in [0.5, 0.6) is 0 Å². The van der Waals surface area contributed by atoms with Crippen LogP contribution < -0.4 is 0 Å². The zero-order chi connectivity index (χ0) is 6.69. The molecule has 0 saturated heterocycles. The summed E-state index contributed by atoms with van der Waals surface area (Å²) in [6.07, 6.45) is 9.25. The second-order valence-electron chi connectivity index (χ2n) is 3.19. The van der Waals surface area contributed by atoms with Gasteiger partial charge in [-0.2, -0.15) is 0 Å². The minimum atomic E-state index is 0.864. The van der Waals surface area contributed by atoms with Crippen LogP contribution in [0.3, 0.4) is 0 Å². The van der Waals surface area contributed by atoms with Crippen LogP contribution in [0.1, 0.15) is 33.1 Å². The van der Waals surface area contributed by atoms with Gasteiger partial charge in [-0.15, -0.1) is 0 Å². The molecule has 0 aromatic carbocycles. The molecule has 51 valence electrons. The van der Waals surface area contributed by atoms with Crippen molar-refractivity contribution in [2.45, 2.75) is 33.1 Å². The van der Waals surface area contributed by atoms with Gasteiger partial charge in [-0.1, -0.05) is 19.9 Å². The second kappa shape index (κ2) is 3.05. The van der Waals surface area contributed by atoms with E-state index in [4.69, 9.17) is 0 Å². The highest BCUT2D eigenvalue weighted by molar-refractivity contribution is 4.84. The summed E-state index contributed by atoms with van der Waals surface area (Å²) in [7, 11) is 0. The molecule has 0 aromatic rings. The van der Waals surface area contributed by atoms with Gasteiger partial charge in [-0.3, -0.25) is 0 Å². The standard InChI is InChI=1S/C9H15/c1-8(2)9-6-4-3-5-7-9/h4,8-9H,5-7H2,1-2H3. The van der Waals surface area contributed by atoms with E-state index >= 15 is 0 Å². The molecule has 0 aromatic heterocycles. The van der Waals surface area contributed by atoms with Gasteiger partial charge in [0.25, 0.3) is 0 Å². The van der Waals surface area contributed by atoms with Crippen LogP contribution >= 0.6 is 0 Å². The van der Waals surface area contributed by atoms with Gasteiger partial charge in [0.2, 0.25) is 0 Å². The van der Waals surface area contributed by atoms with Crippen molar-refractivity contribution in [3.8, 4) is 0 Å². The van der Waals surface area contributed by atoms with Gasteiger partial charge >= 0.3 is 0 Å². The van der Waals surface area contributed by atoms with E-state index < -0.39 is 0 Å². The molecule has 0 nitrogen and oxygen atoms in total. The normalized spacial score (nSPS) is 27.2. The van der Waals surface area contributed by atoms with Crippen LogP contribution in [0.4, 0.5) is 0 Å². The molecular formula is C9H15. The minimum absolute atomic E-state index is 0.864. The van der Waals surface area contributed by atoms with Crippen molar-refractivity contribution in [1.82, 2.24) is 0 Å². The SMILES string of the molecule is CC(C)C1CC=[C]CC1. The van der Waals surface area contributed by atoms with Gasteiger partial charge in [0.1, 0.15) is 0 Å². The Kier molecular flexibility index (Phi) is 2.32. The first-order valence-electron chi connectivity index (χ1n) is 3.86. The Hall–Kier alpha value is -0.260. The summed E-state index contributed by atoms with van der Waals surface area (Å²) >= 11 is 0. The summed E-state index contributed by atoms with van der Waals surface area (Å²) in [6, 6.07) is 0. The molecule has 1 atom stereocenters. The van der Waals surface area contributed by atoms with Crippen molar-refractivity contribution >= 4 is 0 Å². The summed E-state index contributed by atoms with van der Waals surface area (Å²) < 4.78 is 0. The smallest absolute Gasteiger partial charge is 0.0277 e. The van der Waals surface area contributed by atoms with E-state index in [1.54, 1.807) is 0 Å². The van der Waals surface area contributed by atoms with Crippen molar-refractivity contribution in [3.63, 3.8) is 0 Å². The van der Waals surface area contributed by atoms with Crippen LogP contribution in [0, 0.1) is 17.9 Å². The lowest BCUT2D eigenvalue weighted by Crippen LogP contribution is -2.09. The molecule has 0 fully saturated rings. The number of hydrogen-bond acceptors (Lipinski definition) is 0. The maximum Gasteiger partial charge on any atom is -0.0277 e. The van der Waals surface area contributed by atoms with E-state index in [9.17, 15) is 0 Å². The van der Waals surface area contributed by atoms with E-state index in [0.29, 0.717) is 0 Å². The van der Waals surface area contributed by atoms with Crippen molar-refractivity contribution in [2.24, 2.45) is 11.8 Å². The fourth-order valence-electron chi connectivity index (χ4n) is 1.33. The van der Waals surface area contributed by atoms with E-state index in [1.165, 1.54) is 19.3 Å². The Morgan fingerprint density at radius 1 is 1.56 bits per heavy atom. The topological polar surface area (TPSA) is 0 Å². The fourth-order valence-corrected chi connectivity index (χ4v) is 1.33. The van der Waals surface area contributed by atoms with Crippen molar-refractivity contribution in [2.75, 3.05) is 0 Å². The van der Waals surface area contributed by atoms with Gasteiger partial charge in [0.05, 0.1) is 0 Å². The largest absolute Gasteiger partial charge is 0.0808 e. The predicted octanol–water partition coefficient (Wildman–Crippen LogP) is 2.80. The van der Waals surface area contributed by atoms with Crippen molar-refractivity contribution < 1.29 is 0 Å². The number of hydrogen-bond donors (Lipinski definition) is 0. The van der Waals surface area contributed by atoms with E-state index in [2.05, 4.69) is 26.0 Å². The molecule has 0 spiro atoms. The molecule has 0 amide bonds. The number of rotatable bonds is 1. The van der Waals surface area contributed by atoms with Crippen LogP contribution in [0.2, 0.25) is 0 Å². The van der Waals surface area contributed by atoms with Crippen LogP contribution in [0.25, 0.3) is 0 Å². The highest BCUT2D eigenvalue weighted by Crippen LogP contribution is 2.24. The van der Waals surface area contributed by atoms with E-state index in [1.807, 2.05) is 0 Å². The summed E-state index contributed by atoms with van der Waals surface area (Å²) in [5, 5.41) is 0. The lowest BCUT2D eigenvalue weighted by Gasteiger charge is -2.20. The lowest BCUT2D eigenvalue weighted by molar-refractivity contribution is 0.353. The first-order chi connectivity index (χ1) is 4.30. The molecule has 1 aliphatic rings. The Balaban J connectivity index is 2.35. The average Bonchev–Trinajstić information content (AvgIpc) is 1.90. The molecule has 1 aliphatic carbocycles. The molecule has 1 radical (unpaired) electrons. The van der Waals surface area contributed by atoms with E-state index in [0.717, 1.165) is 11.8 Å². The molecule has 0 bridgehead atoms. The van der Waals surface area contributed by atoms with Crippen molar-refractivity contribution in [3.05, 3.63) is 12.2 Å². The summed E-state index contributed by atoms with van der Waals surface area (Å²) in [5.74, 6) is 1.80. The molecule has 0 heteroatoms. The Bertz CT molecular complexity index is 101. The van der Waals surface area contributed by atoms with Gasteiger partial charge in [0, 0.05) is 0 Å². The summed E-state index contributed by atoms with van der Waals surface area (Å²) in [4.78, 5) is 0. The predicted molar refractivity (Wildman–Crippen MR) is 40.0 cm³/mol. The monoisotopic (exact) mass is 123 g/mol. The summed E-state index contributed by atoms with van der Waals surface area (Å²) in [5.41, 5.74) is 0.